The number of hydrogen-bond acceptors (Lipinski definition) is 1. The zero-order valence-electron chi connectivity index (χ0n) is 21.2. The second-order valence-electron chi connectivity index (χ2n) is 10.9. The van der Waals surface area contributed by atoms with Gasteiger partial charge in [-0.2, -0.15) is 0 Å². The molecule has 0 fully saturated rings. The molecule has 0 radical (unpaired) electrons. The van der Waals surface area contributed by atoms with Crippen LogP contribution >= 0.6 is 11.3 Å². The van der Waals surface area contributed by atoms with Crippen molar-refractivity contribution in [1.82, 2.24) is 13.2 Å². The monoisotopic (exact) mass is 525 g/mol. The van der Waals surface area contributed by atoms with E-state index in [0.29, 0.717) is 0 Å². The molecule has 0 unspecified atom stereocenters. The molecule has 6 aromatic carbocycles. The van der Waals surface area contributed by atoms with Crippen LogP contribution in [0.1, 0.15) is 0 Å². The Kier molecular flexibility index (Phi) is 3.27. The maximum absolute atomic E-state index is 2.52. The molecule has 0 saturated carbocycles. The van der Waals surface area contributed by atoms with Crippen LogP contribution < -0.4 is 0 Å². The van der Waals surface area contributed by atoms with Crippen molar-refractivity contribution < 1.29 is 0 Å². The average molecular weight is 526 g/mol. The SMILES string of the molecule is c1ccc2c(c1)sc1cccc3c4c5c6cccc7c6n(c5ccc4n2c13)c1cccc2c3ccccc3n7c21. The minimum atomic E-state index is 1.25. The Morgan fingerprint density at radius 2 is 0.825 bits per heavy atom. The van der Waals surface area contributed by atoms with Gasteiger partial charge in [-0.15, -0.1) is 11.3 Å². The molecule has 0 spiro atoms. The van der Waals surface area contributed by atoms with Gasteiger partial charge in [-0.3, -0.25) is 0 Å². The first-order valence-corrected chi connectivity index (χ1v) is 14.5. The summed E-state index contributed by atoms with van der Waals surface area (Å²) in [6, 6.07) is 42.8. The summed E-state index contributed by atoms with van der Waals surface area (Å²) in [5.41, 5.74) is 11.5. The smallest absolute Gasteiger partial charge is 0.0783 e. The van der Waals surface area contributed by atoms with Crippen LogP contribution in [0.25, 0.3) is 91.4 Å². The molecule has 0 N–H and O–H groups in total. The highest BCUT2D eigenvalue weighted by molar-refractivity contribution is 7.24. The topological polar surface area (TPSA) is 13.2 Å². The van der Waals surface area contributed by atoms with Crippen LogP contribution in [0, 0.1) is 0 Å². The summed E-state index contributed by atoms with van der Waals surface area (Å²) in [5.74, 6) is 0. The molecule has 11 rings (SSSR count). The standard InChI is InChI=1S/C36H19N3S/c1-2-12-24-20(8-1)21-9-5-14-28-34(21)37(24)29-15-6-10-22-32-27(39(28)35(22)29)19-18-26-33(32)23-11-7-17-31-36(23)38(26)25-13-3-4-16-30(25)40-31/h1-19H. The number of fused-ring (bicyclic) bond motifs is 14. The fourth-order valence-electron chi connectivity index (χ4n) is 7.70. The number of aromatic nitrogens is 3. The van der Waals surface area contributed by atoms with Crippen LogP contribution in [0.5, 0.6) is 0 Å². The van der Waals surface area contributed by atoms with Crippen LogP contribution in [0.2, 0.25) is 0 Å². The third kappa shape index (κ3) is 2.05. The predicted molar refractivity (Wildman–Crippen MR) is 171 cm³/mol. The van der Waals surface area contributed by atoms with E-state index in [1.165, 1.54) is 91.4 Å². The average Bonchev–Trinajstić information content (AvgIpc) is 3.65. The molecule has 3 nitrogen and oxygen atoms in total. The molecular weight excluding hydrogens is 506 g/mol. The second-order valence-corrected chi connectivity index (χ2v) is 12.0. The van der Waals surface area contributed by atoms with Crippen molar-refractivity contribution in [3.63, 3.8) is 0 Å². The lowest BCUT2D eigenvalue weighted by molar-refractivity contribution is 1.26. The molecule has 0 bridgehead atoms. The van der Waals surface area contributed by atoms with Crippen LogP contribution in [0.15, 0.2) is 115 Å². The second kappa shape index (κ2) is 6.56. The Balaban J connectivity index is 1.50. The molecule has 40 heavy (non-hydrogen) atoms. The zero-order chi connectivity index (χ0) is 25.7. The highest BCUT2D eigenvalue weighted by Gasteiger charge is 2.24. The summed E-state index contributed by atoms with van der Waals surface area (Å²) in [6.45, 7) is 0. The minimum Gasteiger partial charge on any atom is -0.306 e. The van der Waals surface area contributed by atoms with E-state index >= 15 is 0 Å². The molecule has 0 amide bonds. The Morgan fingerprint density at radius 1 is 0.325 bits per heavy atom. The van der Waals surface area contributed by atoms with Crippen molar-refractivity contribution in [2.45, 2.75) is 0 Å². The number of hydrogen-bond donors (Lipinski definition) is 0. The molecule has 0 atom stereocenters. The largest absolute Gasteiger partial charge is 0.306 e. The molecule has 0 aliphatic carbocycles. The van der Waals surface area contributed by atoms with E-state index in [0.717, 1.165) is 0 Å². The van der Waals surface area contributed by atoms with Crippen molar-refractivity contribution in [1.29, 1.82) is 0 Å². The number of benzene rings is 6. The summed E-state index contributed by atoms with van der Waals surface area (Å²) in [7, 11) is 0. The van der Waals surface area contributed by atoms with E-state index in [-0.39, 0.29) is 0 Å². The molecule has 4 heteroatoms. The van der Waals surface area contributed by atoms with Gasteiger partial charge < -0.3 is 13.2 Å². The van der Waals surface area contributed by atoms with Crippen LogP contribution in [0.3, 0.4) is 0 Å². The van der Waals surface area contributed by atoms with Crippen molar-refractivity contribution in [2.75, 3.05) is 0 Å². The molecule has 0 saturated heterocycles. The predicted octanol–water partition coefficient (Wildman–Crippen LogP) is 10.0. The van der Waals surface area contributed by atoms with Crippen molar-refractivity contribution in [3.8, 4) is 0 Å². The summed E-state index contributed by atoms with van der Waals surface area (Å²) >= 11 is 1.88. The Labute approximate surface area is 230 Å². The third-order valence-corrected chi connectivity index (χ3v) is 10.2. The van der Waals surface area contributed by atoms with Gasteiger partial charge in [0, 0.05) is 32.3 Å². The summed E-state index contributed by atoms with van der Waals surface area (Å²) in [5, 5.41) is 7.93. The number of para-hydroxylation sites is 5. The van der Waals surface area contributed by atoms with Crippen LogP contribution in [-0.4, -0.2) is 13.2 Å². The Morgan fingerprint density at radius 3 is 1.62 bits per heavy atom. The van der Waals surface area contributed by atoms with Crippen LogP contribution in [-0.2, 0) is 0 Å². The molecular formula is C36H19N3S. The first kappa shape index (κ1) is 19.9. The molecule has 0 aliphatic heterocycles. The lowest BCUT2D eigenvalue weighted by Gasteiger charge is -2.11. The molecule has 0 aliphatic rings. The molecule has 5 aromatic heterocycles. The van der Waals surface area contributed by atoms with Gasteiger partial charge in [-0.05, 0) is 48.5 Å². The van der Waals surface area contributed by atoms with Gasteiger partial charge in [0.1, 0.15) is 0 Å². The van der Waals surface area contributed by atoms with Crippen molar-refractivity contribution in [2.24, 2.45) is 0 Å². The van der Waals surface area contributed by atoms with E-state index in [2.05, 4.69) is 128 Å². The lowest BCUT2D eigenvalue weighted by Crippen LogP contribution is -1.96. The fourth-order valence-corrected chi connectivity index (χ4v) is 8.80. The first-order chi connectivity index (χ1) is 19.9. The van der Waals surface area contributed by atoms with E-state index in [1.54, 1.807) is 0 Å². The first-order valence-electron chi connectivity index (χ1n) is 13.7. The van der Waals surface area contributed by atoms with Gasteiger partial charge in [0.2, 0.25) is 0 Å². The summed E-state index contributed by atoms with van der Waals surface area (Å²) < 4.78 is 10.1. The van der Waals surface area contributed by atoms with Gasteiger partial charge in [-0.1, -0.05) is 66.7 Å². The van der Waals surface area contributed by atoms with Gasteiger partial charge in [-0.25, -0.2) is 0 Å². The molecule has 5 heterocycles. The van der Waals surface area contributed by atoms with E-state index in [4.69, 9.17) is 0 Å². The van der Waals surface area contributed by atoms with Gasteiger partial charge in [0.15, 0.2) is 0 Å². The third-order valence-electron chi connectivity index (χ3n) is 9.12. The van der Waals surface area contributed by atoms with E-state index in [1.807, 2.05) is 11.3 Å². The lowest BCUT2D eigenvalue weighted by atomic mass is 10.1. The van der Waals surface area contributed by atoms with Gasteiger partial charge in [0.05, 0.1) is 59.1 Å². The van der Waals surface area contributed by atoms with E-state index < -0.39 is 0 Å². The minimum absolute atomic E-state index is 1.25. The maximum atomic E-state index is 2.52. The quantitative estimate of drug-likeness (QED) is 0.175. The highest BCUT2D eigenvalue weighted by Crippen LogP contribution is 2.46. The summed E-state index contributed by atoms with van der Waals surface area (Å²) in [4.78, 5) is 0. The van der Waals surface area contributed by atoms with E-state index in [9.17, 15) is 0 Å². The molecule has 11 aromatic rings. The van der Waals surface area contributed by atoms with Crippen molar-refractivity contribution in [3.05, 3.63) is 115 Å². The summed E-state index contributed by atoms with van der Waals surface area (Å²) in [6.07, 6.45) is 0. The van der Waals surface area contributed by atoms with Crippen molar-refractivity contribution >= 4 is 103 Å². The number of rotatable bonds is 0. The van der Waals surface area contributed by atoms with Gasteiger partial charge >= 0.3 is 0 Å². The van der Waals surface area contributed by atoms with Gasteiger partial charge in [0.25, 0.3) is 0 Å². The Hall–Kier alpha value is -5.06. The maximum Gasteiger partial charge on any atom is 0.0783 e. The Bertz CT molecular complexity index is 2870. The fraction of sp³-hybridized carbons (Fsp3) is 0. The highest BCUT2D eigenvalue weighted by atomic mass is 32.1. The number of nitrogens with zero attached hydrogens (tertiary/aromatic N) is 3. The normalized spacial score (nSPS) is 13.0. The van der Waals surface area contributed by atoms with Crippen LogP contribution in [0.4, 0.5) is 0 Å². The molecule has 184 valence electrons. The zero-order valence-corrected chi connectivity index (χ0v) is 22.0.